The van der Waals surface area contributed by atoms with E-state index in [1.807, 2.05) is 4.90 Å². The predicted octanol–water partition coefficient (Wildman–Crippen LogP) is 2.43. The van der Waals surface area contributed by atoms with Crippen molar-refractivity contribution < 1.29 is 22.7 Å². The first-order valence-electron chi connectivity index (χ1n) is 9.85. The lowest BCUT2D eigenvalue weighted by atomic mass is 9.95. The zero-order valence-corrected chi connectivity index (χ0v) is 18.8. The molecule has 2 aliphatic heterocycles. The third kappa shape index (κ3) is 4.41. The number of aryl methyl sites for hydroxylation is 1. The molecule has 0 aliphatic carbocycles. The van der Waals surface area contributed by atoms with Crippen LogP contribution in [-0.2, 0) is 19.6 Å². The number of aromatic nitrogens is 1. The topological polar surface area (TPSA) is 109 Å². The Labute approximate surface area is 175 Å². The SMILES string of the molecule is CCC(C)C1COC(=O)N1C1CCN(S(=O)(=O)c2sc(NC(C)=O)nc2C)CC1. The highest BCUT2D eigenvalue weighted by molar-refractivity contribution is 7.91. The van der Waals surface area contributed by atoms with E-state index in [4.69, 9.17) is 4.74 Å². The molecular formula is C18H28N4O5S2. The van der Waals surface area contributed by atoms with Crippen molar-refractivity contribution in [2.24, 2.45) is 5.92 Å². The average Bonchev–Trinajstić information content (AvgIpc) is 3.23. The summed E-state index contributed by atoms with van der Waals surface area (Å²) in [5.74, 6) is 0.0344. The van der Waals surface area contributed by atoms with Crippen molar-refractivity contribution in [2.75, 3.05) is 25.0 Å². The maximum atomic E-state index is 13.1. The Morgan fingerprint density at radius 1 is 1.38 bits per heavy atom. The molecule has 0 spiro atoms. The van der Waals surface area contributed by atoms with Crippen LogP contribution < -0.4 is 5.32 Å². The number of nitrogens with one attached hydrogen (secondary N) is 1. The lowest BCUT2D eigenvalue weighted by Gasteiger charge is -2.38. The van der Waals surface area contributed by atoms with E-state index in [2.05, 4.69) is 24.1 Å². The number of piperidine rings is 1. The van der Waals surface area contributed by atoms with Crippen molar-refractivity contribution in [2.45, 2.75) is 63.3 Å². The summed E-state index contributed by atoms with van der Waals surface area (Å²) in [6.07, 6.45) is 1.79. The van der Waals surface area contributed by atoms with Gasteiger partial charge in [-0.25, -0.2) is 18.2 Å². The van der Waals surface area contributed by atoms with E-state index in [0.29, 0.717) is 44.1 Å². The van der Waals surface area contributed by atoms with Crippen LogP contribution >= 0.6 is 11.3 Å². The molecule has 2 saturated heterocycles. The molecule has 2 atom stereocenters. The Hall–Kier alpha value is -1.72. The molecule has 0 radical (unpaired) electrons. The third-order valence-electron chi connectivity index (χ3n) is 5.67. The number of nitrogens with zero attached hydrogens (tertiary/aromatic N) is 3. The second kappa shape index (κ2) is 8.57. The van der Waals surface area contributed by atoms with Gasteiger partial charge < -0.3 is 10.1 Å². The zero-order chi connectivity index (χ0) is 21.3. The molecule has 1 aromatic heterocycles. The number of anilines is 1. The van der Waals surface area contributed by atoms with Gasteiger partial charge >= 0.3 is 6.09 Å². The zero-order valence-electron chi connectivity index (χ0n) is 17.2. The van der Waals surface area contributed by atoms with Gasteiger partial charge in [0.15, 0.2) is 9.34 Å². The van der Waals surface area contributed by atoms with Crippen LogP contribution in [0.3, 0.4) is 0 Å². The summed E-state index contributed by atoms with van der Waals surface area (Å²) in [4.78, 5) is 29.5. The van der Waals surface area contributed by atoms with Crippen molar-refractivity contribution in [3.8, 4) is 0 Å². The Kier molecular flexibility index (Phi) is 6.49. The molecule has 2 fully saturated rings. The highest BCUT2D eigenvalue weighted by Crippen LogP contribution is 2.33. The lowest BCUT2D eigenvalue weighted by molar-refractivity contribution is -0.114. The van der Waals surface area contributed by atoms with Gasteiger partial charge in [-0.05, 0) is 25.7 Å². The summed E-state index contributed by atoms with van der Waals surface area (Å²) in [5, 5.41) is 2.82. The van der Waals surface area contributed by atoms with Gasteiger partial charge in [-0.15, -0.1) is 0 Å². The normalized spacial score (nSPS) is 22.6. The number of sulfonamides is 1. The number of ether oxygens (including phenoxy) is 1. The number of thiazole rings is 1. The van der Waals surface area contributed by atoms with Crippen LogP contribution in [0.15, 0.2) is 4.21 Å². The van der Waals surface area contributed by atoms with Crippen LogP contribution in [0.25, 0.3) is 0 Å². The molecule has 1 N–H and O–H groups in total. The molecule has 29 heavy (non-hydrogen) atoms. The Balaban J connectivity index is 1.71. The fourth-order valence-electron chi connectivity index (χ4n) is 3.88. The van der Waals surface area contributed by atoms with Gasteiger partial charge in [0, 0.05) is 26.1 Å². The van der Waals surface area contributed by atoms with Gasteiger partial charge in [0.25, 0.3) is 10.0 Å². The maximum Gasteiger partial charge on any atom is 0.410 e. The summed E-state index contributed by atoms with van der Waals surface area (Å²) in [6, 6.07) is 0.0255. The predicted molar refractivity (Wildman–Crippen MR) is 109 cm³/mol. The third-order valence-corrected chi connectivity index (χ3v) is 9.23. The van der Waals surface area contributed by atoms with Crippen molar-refractivity contribution >= 4 is 38.5 Å². The molecule has 3 heterocycles. The first-order chi connectivity index (χ1) is 13.6. The maximum absolute atomic E-state index is 13.1. The van der Waals surface area contributed by atoms with Gasteiger partial charge in [0.1, 0.15) is 6.61 Å². The van der Waals surface area contributed by atoms with Crippen LogP contribution in [0.2, 0.25) is 0 Å². The Morgan fingerprint density at radius 2 is 2.03 bits per heavy atom. The Morgan fingerprint density at radius 3 is 2.62 bits per heavy atom. The van der Waals surface area contributed by atoms with Gasteiger partial charge in [0.05, 0.1) is 11.7 Å². The highest BCUT2D eigenvalue weighted by Gasteiger charge is 2.43. The molecule has 3 rings (SSSR count). The van der Waals surface area contributed by atoms with Gasteiger partial charge in [-0.1, -0.05) is 31.6 Å². The molecule has 0 aromatic carbocycles. The number of carbonyl (C=O) groups is 2. The minimum Gasteiger partial charge on any atom is -0.447 e. The molecule has 2 aliphatic rings. The van der Waals surface area contributed by atoms with E-state index < -0.39 is 10.0 Å². The first kappa shape index (κ1) is 22.0. The number of hydrogen-bond acceptors (Lipinski definition) is 7. The summed E-state index contributed by atoms with van der Waals surface area (Å²) >= 11 is 0.965. The number of amides is 2. The fourth-order valence-corrected chi connectivity index (χ4v) is 6.95. The van der Waals surface area contributed by atoms with Crippen LogP contribution in [-0.4, -0.2) is 66.4 Å². The number of hydrogen-bond donors (Lipinski definition) is 1. The molecule has 1 aromatic rings. The van der Waals surface area contributed by atoms with E-state index in [0.717, 1.165) is 17.8 Å². The molecule has 9 nitrogen and oxygen atoms in total. The average molecular weight is 445 g/mol. The summed E-state index contributed by atoms with van der Waals surface area (Å²) in [5.41, 5.74) is 0.376. The lowest BCUT2D eigenvalue weighted by Crippen LogP contribution is -2.51. The molecule has 0 bridgehead atoms. The van der Waals surface area contributed by atoms with E-state index in [1.165, 1.54) is 11.2 Å². The number of rotatable bonds is 6. The minimum absolute atomic E-state index is 0.0204. The van der Waals surface area contributed by atoms with Crippen LogP contribution in [0.5, 0.6) is 0 Å². The van der Waals surface area contributed by atoms with E-state index in [1.54, 1.807) is 6.92 Å². The largest absolute Gasteiger partial charge is 0.447 e. The molecule has 162 valence electrons. The summed E-state index contributed by atoms with van der Waals surface area (Å²) in [7, 11) is -3.70. The van der Waals surface area contributed by atoms with E-state index >= 15 is 0 Å². The number of cyclic esters (lactones) is 1. The summed E-state index contributed by atoms with van der Waals surface area (Å²) in [6.45, 7) is 8.24. The van der Waals surface area contributed by atoms with Crippen molar-refractivity contribution in [1.29, 1.82) is 0 Å². The van der Waals surface area contributed by atoms with Gasteiger partial charge in [-0.3, -0.25) is 9.69 Å². The number of carbonyl (C=O) groups excluding carboxylic acids is 2. The van der Waals surface area contributed by atoms with Crippen LogP contribution in [0.1, 0.15) is 45.7 Å². The van der Waals surface area contributed by atoms with E-state index in [-0.39, 0.29) is 33.4 Å². The van der Waals surface area contributed by atoms with Crippen molar-refractivity contribution in [3.05, 3.63) is 5.69 Å². The molecule has 11 heteroatoms. The molecule has 2 amide bonds. The Bertz CT molecular complexity index is 877. The van der Waals surface area contributed by atoms with Crippen molar-refractivity contribution in [3.63, 3.8) is 0 Å². The van der Waals surface area contributed by atoms with Crippen LogP contribution in [0.4, 0.5) is 9.93 Å². The highest BCUT2D eigenvalue weighted by atomic mass is 32.2. The standard InChI is InChI=1S/C18H28N4O5S2/c1-5-11(2)15-10-27-18(24)22(15)14-6-8-21(9-7-14)29(25,26)16-12(3)19-17(28-16)20-13(4)23/h11,14-15H,5-10H2,1-4H3,(H,19,20,23). The molecule has 2 unspecified atom stereocenters. The van der Waals surface area contributed by atoms with Gasteiger partial charge in [0.2, 0.25) is 5.91 Å². The fraction of sp³-hybridized carbons (Fsp3) is 0.722. The quantitative estimate of drug-likeness (QED) is 0.722. The minimum atomic E-state index is -3.70. The monoisotopic (exact) mass is 444 g/mol. The molecule has 0 saturated carbocycles. The first-order valence-corrected chi connectivity index (χ1v) is 12.1. The second-order valence-electron chi connectivity index (χ2n) is 7.65. The summed E-state index contributed by atoms with van der Waals surface area (Å²) < 4.78 is 33.1. The second-order valence-corrected chi connectivity index (χ2v) is 10.8. The van der Waals surface area contributed by atoms with Crippen molar-refractivity contribution in [1.82, 2.24) is 14.2 Å². The van der Waals surface area contributed by atoms with E-state index in [9.17, 15) is 18.0 Å². The van der Waals surface area contributed by atoms with Crippen LogP contribution in [0, 0.1) is 12.8 Å². The smallest absolute Gasteiger partial charge is 0.410 e. The van der Waals surface area contributed by atoms with Gasteiger partial charge in [-0.2, -0.15) is 4.31 Å². The molecular weight excluding hydrogens is 416 g/mol.